The molecule has 0 fully saturated rings. The second kappa shape index (κ2) is 29.3. The summed E-state index contributed by atoms with van der Waals surface area (Å²) in [6, 6.07) is 0. The minimum Gasteiger partial charge on any atom is -1.00 e. The minimum absolute atomic E-state index is 0. The molecule has 5 heteroatoms. The average molecular weight is 375 g/mol. The number of aliphatic carboxylic acids is 1. The maximum atomic E-state index is 10.2. The molecule has 0 aliphatic carbocycles. The molecule has 128 valence electrons. The van der Waals surface area contributed by atoms with Crippen LogP contribution < -0.4 is 34.7 Å². The van der Waals surface area contributed by atoms with Crippen molar-refractivity contribution in [1.82, 2.24) is 0 Å². The van der Waals surface area contributed by atoms with Crippen LogP contribution in [0.2, 0.25) is 0 Å². The summed E-state index contributed by atoms with van der Waals surface area (Å²) in [6.07, 6.45) is 19.9. The topological polar surface area (TPSA) is 40.1 Å². The monoisotopic (exact) mass is 374 g/mol. The van der Waals surface area contributed by atoms with Crippen LogP contribution in [0, 0.1) is 0 Å². The first-order valence-corrected chi connectivity index (χ1v) is 8.97. The first-order chi connectivity index (χ1) is 9.77. The van der Waals surface area contributed by atoms with Crippen LogP contribution in [0.15, 0.2) is 0 Å². The van der Waals surface area contributed by atoms with Crippen LogP contribution in [0.4, 0.5) is 0 Å². The van der Waals surface area contributed by atoms with Crippen molar-refractivity contribution in [1.29, 1.82) is 0 Å². The Kier molecular flexibility index (Phi) is 42.1. The Morgan fingerprint density at radius 1 is 0.696 bits per heavy atom. The van der Waals surface area contributed by atoms with Crippen LogP contribution in [-0.4, -0.2) is 66.8 Å². The van der Waals surface area contributed by atoms with Crippen LogP contribution in [0.25, 0.3) is 0 Å². The van der Waals surface area contributed by atoms with Crippen molar-refractivity contribution in [3.8, 4) is 0 Å². The number of hydrogen-bond acceptors (Lipinski definition) is 2. The molecular formula is C18H39CaMgNaO2. The van der Waals surface area contributed by atoms with Gasteiger partial charge in [0.15, 0.2) is 0 Å². The summed E-state index contributed by atoms with van der Waals surface area (Å²) < 4.78 is 0. The smallest absolute Gasteiger partial charge is 1.00 e. The van der Waals surface area contributed by atoms with Gasteiger partial charge in [-0.1, -0.05) is 96.8 Å². The van der Waals surface area contributed by atoms with Gasteiger partial charge in [0.25, 0.3) is 0 Å². The Morgan fingerprint density at radius 2 is 0.957 bits per heavy atom. The third-order valence-electron chi connectivity index (χ3n) is 3.98. The summed E-state index contributed by atoms with van der Waals surface area (Å²) >= 11 is 0. The minimum atomic E-state index is -0.903. The summed E-state index contributed by atoms with van der Waals surface area (Å²) in [5.74, 6) is -0.903. The standard InChI is InChI=1S/C18H36O2.Ca.Mg.Na.4H/c1-2-3-4-5-6-7-8-9-10-11-12-13-14-15-16-17-18(19)20;;;;;;;/h2-17H2,1H3,(H,19,20);;;;;;;/q;2*+2;+1;4*-1/p-1. The Balaban J connectivity index is -0.0000000860. The van der Waals surface area contributed by atoms with Gasteiger partial charge in [-0.25, -0.2) is 0 Å². The van der Waals surface area contributed by atoms with Crippen LogP contribution in [0.1, 0.15) is 115 Å². The molecule has 0 aromatic rings. The van der Waals surface area contributed by atoms with Gasteiger partial charge < -0.3 is 15.6 Å². The SMILES string of the molecule is CCCCCCCCCCCCCCCCCC(=O)[O-].[Ca+2].[H-].[H-].[H-].[H-].[Mg+2].[Na+]. The first-order valence-electron chi connectivity index (χ1n) is 8.97. The molecule has 2 nitrogen and oxygen atoms in total. The third-order valence-corrected chi connectivity index (χ3v) is 3.98. The fraction of sp³-hybridized carbons (Fsp3) is 0.944. The van der Waals surface area contributed by atoms with E-state index in [9.17, 15) is 9.90 Å². The normalized spacial score (nSPS) is 9.43. The fourth-order valence-electron chi connectivity index (χ4n) is 2.64. The molecule has 0 radical (unpaired) electrons. The Hall–Kier alpha value is 2.50. The molecular weight excluding hydrogens is 336 g/mol. The van der Waals surface area contributed by atoms with Crippen molar-refractivity contribution in [2.24, 2.45) is 0 Å². The number of carbonyl (C=O) groups is 1. The first kappa shape index (κ1) is 33.1. The van der Waals surface area contributed by atoms with Crippen molar-refractivity contribution in [3.63, 3.8) is 0 Å². The maximum absolute atomic E-state index is 10.2. The summed E-state index contributed by atoms with van der Waals surface area (Å²) in [6.45, 7) is 2.27. The number of unbranched alkanes of at least 4 members (excludes halogenated alkanes) is 14. The third kappa shape index (κ3) is 32.6. The number of carbonyl (C=O) groups excluding carboxylic acids is 1. The summed E-state index contributed by atoms with van der Waals surface area (Å²) in [4.78, 5) is 10.2. The van der Waals surface area contributed by atoms with Gasteiger partial charge >= 0.3 is 90.3 Å². The molecule has 23 heavy (non-hydrogen) atoms. The van der Waals surface area contributed by atoms with Gasteiger partial charge in [-0.2, -0.15) is 0 Å². The second-order valence-electron chi connectivity index (χ2n) is 6.07. The molecule has 0 aliphatic heterocycles. The average Bonchev–Trinajstić information content (AvgIpc) is 2.43. The van der Waals surface area contributed by atoms with Gasteiger partial charge in [-0.3, -0.25) is 0 Å². The van der Waals surface area contributed by atoms with Crippen LogP contribution in [-0.2, 0) is 4.79 Å². The van der Waals surface area contributed by atoms with Crippen molar-refractivity contribution in [2.45, 2.75) is 110 Å². The molecule has 0 rings (SSSR count). The van der Waals surface area contributed by atoms with Gasteiger partial charge in [0.2, 0.25) is 0 Å². The van der Waals surface area contributed by atoms with E-state index < -0.39 is 5.97 Å². The number of hydrogen-bond donors (Lipinski definition) is 0. The molecule has 0 atom stereocenters. The number of carboxylic acids is 1. The van der Waals surface area contributed by atoms with Gasteiger partial charge in [0, 0.05) is 5.97 Å². The molecule has 0 saturated heterocycles. The van der Waals surface area contributed by atoms with E-state index in [1.165, 1.54) is 83.5 Å². The van der Waals surface area contributed by atoms with Crippen LogP contribution >= 0.6 is 0 Å². The fourth-order valence-corrected chi connectivity index (χ4v) is 2.64. The second-order valence-corrected chi connectivity index (χ2v) is 6.07. The number of carboxylic acid groups (broad SMARTS) is 1. The van der Waals surface area contributed by atoms with Gasteiger partial charge in [0.1, 0.15) is 0 Å². The van der Waals surface area contributed by atoms with Crippen molar-refractivity contribution in [2.75, 3.05) is 0 Å². The molecule has 0 bridgehead atoms. The van der Waals surface area contributed by atoms with Crippen molar-refractivity contribution in [3.05, 3.63) is 0 Å². The Morgan fingerprint density at radius 3 is 1.22 bits per heavy atom. The zero-order chi connectivity index (χ0) is 14.9. The zero-order valence-corrected chi connectivity index (χ0v) is 21.7. The van der Waals surface area contributed by atoms with E-state index in [1.807, 2.05) is 0 Å². The summed E-state index contributed by atoms with van der Waals surface area (Å²) in [5, 5.41) is 10.2. The van der Waals surface area contributed by atoms with Crippen molar-refractivity contribution < 1.29 is 45.2 Å². The molecule has 0 aromatic heterocycles. The summed E-state index contributed by atoms with van der Waals surface area (Å²) in [7, 11) is 0. The summed E-state index contributed by atoms with van der Waals surface area (Å²) in [5.41, 5.74) is 0. The van der Waals surface area contributed by atoms with Crippen molar-refractivity contribution >= 4 is 66.8 Å². The molecule has 0 N–H and O–H groups in total. The van der Waals surface area contributed by atoms with E-state index in [1.54, 1.807) is 0 Å². The van der Waals surface area contributed by atoms with E-state index in [0.717, 1.165) is 12.8 Å². The van der Waals surface area contributed by atoms with Gasteiger partial charge in [0.05, 0.1) is 0 Å². The molecule has 0 heterocycles. The molecule has 0 spiro atoms. The van der Waals surface area contributed by atoms with E-state index in [-0.39, 0.29) is 102 Å². The van der Waals surface area contributed by atoms with Gasteiger partial charge in [-0.15, -0.1) is 0 Å². The Labute approximate surface area is 219 Å². The van der Waals surface area contributed by atoms with E-state index in [2.05, 4.69) is 6.92 Å². The Bertz CT molecular complexity index is 236. The quantitative estimate of drug-likeness (QED) is 0.305. The van der Waals surface area contributed by atoms with E-state index >= 15 is 0 Å². The molecule has 0 saturated carbocycles. The molecule has 0 aromatic carbocycles. The maximum Gasteiger partial charge on any atom is 2.00 e. The number of rotatable bonds is 16. The van der Waals surface area contributed by atoms with E-state index in [0.29, 0.717) is 0 Å². The predicted molar refractivity (Wildman–Crippen MR) is 101 cm³/mol. The predicted octanol–water partition coefficient (Wildman–Crippen LogP) is 1.69. The largest absolute Gasteiger partial charge is 2.00 e. The molecule has 0 aliphatic rings. The van der Waals surface area contributed by atoms with E-state index in [4.69, 9.17) is 0 Å². The van der Waals surface area contributed by atoms with Crippen LogP contribution in [0.3, 0.4) is 0 Å². The van der Waals surface area contributed by atoms with Gasteiger partial charge in [-0.05, 0) is 12.8 Å². The zero-order valence-electron chi connectivity index (χ0n) is 20.0. The molecule has 0 unspecified atom stereocenters. The molecule has 0 amide bonds. The van der Waals surface area contributed by atoms with Crippen LogP contribution in [0.5, 0.6) is 0 Å².